The van der Waals surface area contributed by atoms with Crippen LogP contribution in [-0.2, 0) is 16.0 Å². The fourth-order valence-electron chi connectivity index (χ4n) is 3.39. The third-order valence-electron chi connectivity index (χ3n) is 5.04. The average molecular weight is 482 g/mol. The number of allylic oxidation sites excluding steroid dienone is 1. The van der Waals surface area contributed by atoms with Crippen LogP contribution in [0.1, 0.15) is 43.9 Å². The lowest BCUT2D eigenvalue weighted by Gasteiger charge is -2.19. The van der Waals surface area contributed by atoms with Gasteiger partial charge in [0.05, 0.1) is 12.8 Å². The maximum atomic E-state index is 12.8. The summed E-state index contributed by atoms with van der Waals surface area (Å²) >= 11 is 0. The molecular formula is C27H35N3O5. The van der Waals surface area contributed by atoms with Crippen molar-refractivity contribution in [3.63, 3.8) is 0 Å². The van der Waals surface area contributed by atoms with E-state index in [9.17, 15) is 14.7 Å². The Hall–Kier alpha value is -3.81. The fraction of sp³-hybridized carbons (Fsp3) is 0.370. The van der Waals surface area contributed by atoms with E-state index in [1.165, 1.54) is 6.21 Å². The largest absolute Gasteiger partial charge is 0.504 e. The van der Waals surface area contributed by atoms with Crippen LogP contribution in [0.4, 0.5) is 0 Å². The molecule has 1 atom stereocenters. The number of phenols is 1. The molecule has 2 rings (SSSR count). The first-order valence-electron chi connectivity index (χ1n) is 11.6. The molecule has 0 saturated carbocycles. The molecule has 8 nitrogen and oxygen atoms in total. The Morgan fingerprint density at radius 2 is 1.91 bits per heavy atom. The highest BCUT2D eigenvalue weighted by Gasteiger charge is 2.22. The quantitative estimate of drug-likeness (QED) is 0.228. The van der Waals surface area contributed by atoms with Gasteiger partial charge in [0.15, 0.2) is 18.1 Å². The molecule has 0 unspecified atom stereocenters. The van der Waals surface area contributed by atoms with E-state index in [0.29, 0.717) is 42.1 Å². The van der Waals surface area contributed by atoms with Gasteiger partial charge >= 0.3 is 0 Å². The zero-order valence-corrected chi connectivity index (χ0v) is 20.8. The Kier molecular flexibility index (Phi) is 10.8. The maximum Gasteiger partial charge on any atom is 0.262 e. The van der Waals surface area contributed by atoms with Crippen molar-refractivity contribution < 1.29 is 24.2 Å². The van der Waals surface area contributed by atoms with Crippen molar-refractivity contribution in [1.29, 1.82) is 0 Å². The Labute approximate surface area is 207 Å². The molecule has 0 saturated heterocycles. The lowest BCUT2D eigenvalue weighted by molar-refractivity contribution is -0.130. The first-order valence-corrected chi connectivity index (χ1v) is 11.6. The van der Waals surface area contributed by atoms with Crippen LogP contribution in [0.3, 0.4) is 0 Å². The van der Waals surface area contributed by atoms with Crippen LogP contribution in [0.15, 0.2) is 54.2 Å². The number of carbonyl (C=O) groups is 2. The van der Waals surface area contributed by atoms with Crippen LogP contribution in [0.5, 0.6) is 17.2 Å². The summed E-state index contributed by atoms with van der Waals surface area (Å²) in [6.45, 7) is 11.5. The minimum atomic E-state index is -0.768. The van der Waals surface area contributed by atoms with Crippen molar-refractivity contribution in [2.75, 3.05) is 13.2 Å². The molecule has 35 heavy (non-hydrogen) atoms. The van der Waals surface area contributed by atoms with Crippen LogP contribution in [0, 0.1) is 12.8 Å². The molecule has 188 valence electrons. The van der Waals surface area contributed by atoms with Gasteiger partial charge in [-0.05, 0) is 61.9 Å². The highest BCUT2D eigenvalue weighted by Crippen LogP contribution is 2.32. The number of carbonyl (C=O) groups excluding carboxylic acids is 2. The molecule has 0 aliphatic carbocycles. The summed E-state index contributed by atoms with van der Waals surface area (Å²) in [4.78, 5) is 25.2. The van der Waals surface area contributed by atoms with E-state index in [1.54, 1.807) is 24.3 Å². The number of aryl methyl sites for hydroxylation is 1. The van der Waals surface area contributed by atoms with E-state index < -0.39 is 17.9 Å². The zero-order valence-electron chi connectivity index (χ0n) is 20.8. The minimum absolute atomic E-state index is 0.0561. The summed E-state index contributed by atoms with van der Waals surface area (Å²) in [5.41, 5.74) is 4.69. The van der Waals surface area contributed by atoms with Crippen LogP contribution in [0.25, 0.3) is 0 Å². The number of rotatable bonds is 13. The molecular weight excluding hydrogens is 446 g/mol. The lowest BCUT2D eigenvalue weighted by atomic mass is 10.0. The second kappa shape index (κ2) is 13.8. The number of aromatic hydroxyl groups is 1. The van der Waals surface area contributed by atoms with Gasteiger partial charge in [-0.1, -0.05) is 38.1 Å². The summed E-state index contributed by atoms with van der Waals surface area (Å²) in [5.74, 6) is 0.341. The second-order valence-corrected chi connectivity index (χ2v) is 8.49. The van der Waals surface area contributed by atoms with Crippen molar-refractivity contribution >= 4 is 18.0 Å². The van der Waals surface area contributed by atoms with Gasteiger partial charge in [-0.25, -0.2) is 5.43 Å². The predicted molar refractivity (Wildman–Crippen MR) is 137 cm³/mol. The maximum absolute atomic E-state index is 12.8. The summed E-state index contributed by atoms with van der Waals surface area (Å²) in [5, 5.41) is 17.1. The molecule has 2 aromatic rings. The second-order valence-electron chi connectivity index (χ2n) is 8.49. The third-order valence-corrected chi connectivity index (χ3v) is 5.04. The van der Waals surface area contributed by atoms with Crippen LogP contribution in [0.2, 0.25) is 0 Å². The SMILES string of the molecule is C=CCc1cc(/C=N\NC(=O)[C@H](CC(C)C)NC(=O)COc2ccccc2C)cc(OCC)c1O. The number of ether oxygens (including phenoxy) is 2. The van der Waals surface area contributed by atoms with E-state index in [2.05, 4.69) is 22.4 Å². The van der Waals surface area contributed by atoms with E-state index in [-0.39, 0.29) is 18.3 Å². The summed E-state index contributed by atoms with van der Waals surface area (Å²) in [6, 6.07) is 10.0. The van der Waals surface area contributed by atoms with E-state index in [0.717, 1.165) is 5.56 Å². The molecule has 8 heteroatoms. The lowest BCUT2D eigenvalue weighted by Crippen LogP contribution is -2.47. The third kappa shape index (κ3) is 8.81. The first kappa shape index (κ1) is 27.4. The number of hydrogen-bond donors (Lipinski definition) is 3. The highest BCUT2D eigenvalue weighted by atomic mass is 16.5. The van der Waals surface area contributed by atoms with Gasteiger partial charge in [0, 0.05) is 5.56 Å². The Balaban J connectivity index is 2.04. The molecule has 0 radical (unpaired) electrons. The minimum Gasteiger partial charge on any atom is -0.504 e. The Morgan fingerprint density at radius 1 is 1.17 bits per heavy atom. The Morgan fingerprint density at radius 3 is 2.57 bits per heavy atom. The Bertz CT molecular complexity index is 1050. The zero-order chi connectivity index (χ0) is 25.8. The molecule has 2 aromatic carbocycles. The van der Waals surface area contributed by atoms with Crippen LogP contribution in [-0.4, -0.2) is 42.4 Å². The van der Waals surface area contributed by atoms with Gasteiger partial charge in [-0.15, -0.1) is 6.58 Å². The molecule has 0 heterocycles. The van der Waals surface area contributed by atoms with Gasteiger partial charge in [-0.2, -0.15) is 5.10 Å². The number of amides is 2. The van der Waals surface area contributed by atoms with Crippen molar-refractivity contribution in [3.05, 3.63) is 65.7 Å². The number of benzene rings is 2. The van der Waals surface area contributed by atoms with Gasteiger partial charge in [0.2, 0.25) is 0 Å². The van der Waals surface area contributed by atoms with Crippen molar-refractivity contribution in [3.8, 4) is 17.2 Å². The average Bonchev–Trinajstić information content (AvgIpc) is 2.81. The molecule has 0 spiro atoms. The van der Waals surface area contributed by atoms with Crippen molar-refractivity contribution in [2.45, 2.75) is 46.6 Å². The number of nitrogens with zero attached hydrogens (tertiary/aromatic N) is 1. The standard InChI is InChI=1S/C27H35N3O5/c1-6-10-21-14-20(15-24(26(21)32)34-7-2)16-28-30-27(33)22(13-18(3)4)29-25(31)17-35-23-12-9-8-11-19(23)5/h6,8-9,11-12,14-16,18,22,32H,1,7,10,13,17H2,2-5H3,(H,29,31)(H,30,33)/b28-16-/t22-/m0/s1. The van der Waals surface area contributed by atoms with E-state index in [4.69, 9.17) is 9.47 Å². The van der Waals surface area contributed by atoms with E-state index in [1.807, 2.05) is 45.9 Å². The molecule has 0 aliphatic heterocycles. The predicted octanol–water partition coefficient (Wildman–Crippen LogP) is 3.89. The van der Waals surface area contributed by atoms with Gasteiger partial charge in [0.25, 0.3) is 11.8 Å². The topological polar surface area (TPSA) is 109 Å². The summed E-state index contributed by atoms with van der Waals surface area (Å²) in [7, 11) is 0. The monoisotopic (exact) mass is 481 g/mol. The fourth-order valence-corrected chi connectivity index (χ4v) is 3.39. The molecule has 3 N–H and O–H groups in total. The van der Waals surface area contributed by atoms with Gasteiger partial charge in [-0.3, -0.25) is 9.59 Å². The summed E-state index contributed by atoms with van der Waals surface area (Å²) in [6.07, 6.45) is 4.03. The number of para-hydroxylation sites is 1. The number of nitrogens with one attached hydrogen (secondary N) is 2. The van der Waals surface area contributed by atoms with Gasteiger partial charge in [0.1, 0.15) is 11.8 Å². The highest BCUT2D eigenvalue weighted by molar-refractivity contribution is 5.89. The molecule has 0 aliphatic rings. The normalized spacial score (nSPS) is 11.8. The number of hydrogen-bond acceptors (Lipinski definition) is 6. The van der Waals surface area contributed by atoms with Crippen LogP contribution < -0.4 is 20.2 Å². The number of phenolic OH excluding ortho intramolecular Hbond substituents is 1. The number of hydrazone groups is 1. The van der Waals surface area contributed by atoms with Gasteiger partial charge < -0.3 is 19.9 Å². The molecule has 0 aromatic heterocycles. The first-order chi connectivity index (χ1) is 16.7. The van der Waals surface area contributed by atoms with Crippen molar-refractivity contribution in [2.24, 2.45) is 11.0 Å². The smallest absolute Gasteiger partial charge is 0.262 e. The van der Waals surface area contributed by atoms with Crippen molar-refractivity contribution in [1.82, 2.24) is 10.7 Å². The summed E-state index contributed by atoms with van der Waals surface area (Å²) < 4.78 is 11.1. The molecule has 0 fully saturated rings. The van der Waals surface area contributed by atoms with E-state index >= 15 is 0 Å². The molecule has 2 amide bonds. The van der Waals surface area contributed by atoms with Crippen LogP contribution >= 0.6 is 0 Å². The molecule has 0 bridgehead atoms.